The van der Waals surface area contributed by atoms with Crippen molar-refractivity contribution in [2.75, 3.05) is 11.8 Å². The molecule has 7 nitrogen and oxygen atoms in total. The third kappa shape index (κ3) is 5.70. The smallest absolute Gasteiger partial charge is 0.417 e. The number of carbonyl (C=O) groups excluding carboxylic acids is 1. The molecule has 0 aliphatic carbocycles. The molecule has 31 heavy (non-hydrogen) atoms. The molecule has 1 heterocycles. The highest BCUT2D eigenvalue weighted by atomic mass is 35.5. The van der Waals surface area contributed by atoms with Crippen molar-refractivity contribution >= 4 is 34.2 Å². The van der Waals surface area contributed by atoms with E-state index >= 15 is 0 Å². The summed E-state index contributed by atoms with van der Waals surface area (Å²) >= 11 is 5.58. The molecule has 3 aromatic rings. The zero-order chi connectivity index (χ0) is 22.6. The minimum Gasteiger partial charge on any atom is -0.439 e. The molecule has 2 N–H and O–H groups in total. The van der Waals surface area contributed by atoms with Gasteiger partial charge in [-0.1, -0.05) is 11.6 Å². The summed E-state index contributed by atoms with van der Waals surface area (Å²) in [6.07, 6.45) is -3.29. The van der Waals surface area contributed by atoms with Crippen LogP contribution in [0.2, 0.25) is 5.02 Å². The van der Waals surface area contributed by atoms with Crippen molar-refractivity contribution in [1.29, 1.82) is 0 Å². The fourth-order valence-electron chi connectivity index (χ4n) is 2.33. The first-order chi connectivity index (χ1) is 14.7. The summed E-state index contributed by atoms with van der Waals surface area (Å²) in [6.45, 7) is 0. The number of hydrogen-bond acceptors (Lipinski definition) is 5. The van der Waals surface area contributed by atoms with Gasteiger partial charge < -0.3 is 14.8 Å². The van der Waals surface area contributed by atoms with Gasteiger partial charge in [-0.15, -0.1) is 0 Å². The van der Waals surface area contributed by atoms with Crippen LogP contribution in [-0.4, -0.2) is 27.1 Å². The van der Waals surface area contributed by atoms with Gasteiger partial charge in [-0.3, -0.25) is 4.79 Å². The SMILES string of the molecule is CNC(=O)c1nccc(Oc2ccc(NS(=O)c3ccc(Cl)c(C(F)(F)F)c3)cc2)n1. The van der Waals surface area contributed by atoms with E-state index in [0.717, 1.165) is 12.1 Å². The van der Waals surface area contributed by atoms with Crippen molar-refractivity contribution in [3.05, 3.63) is 71.1 Å². The number of benzene rings is 2. The molecule has 0 radical (unpaired) electrons. The summed E-state index contributed by atoms with van der Waals surface area (Å²) in [5.74, 6) is -0.0271. The van der Waals surface area contributed by atoms with E-state index in [9.17, 15) is 22.2 Å². The average molecular weight is 471 g/mol. The summed E-state index contributed by atoms with van der Waals surface area (Å²) < 4.78 is 59.5. The molecule has 0 bridgehead atoms. The highest BCUT2D eigenvalue weighted by Crippen LogP contribution is 2.35. The van der Waals surface area contributed by atoms with Gasteiger partial charge in [0.15, 0.2) is 0 Å². The number of hydrogen-bond donors (Lipinski definition) is 2. The molecule has 1 amide bonds. The summed E-state index contributed by atoms with van der Waals surface area (Å²) in [6, 6.07) is 10.6. The molecule has 0 spiro atoms. The number of anilines is 1. The minimum absolute atomic E-state index is 0.0603. The number of nitrogens with zero attached hydrogens (tertiary/aromatic N) is 2. The summed E-state index contributed by atoms with van der Waals surface area (Å²) in [5.41, 5.74) is -0.686. The van der Waals surface area contributed by atoms with E-state index < -0.39 is 33.7 Å². The van der Waals surface area contributed by atoms with Crippen LogP contribution in [-0.2, 0) is 17.2 Å². The van der Waals surface area contributed by atoms with Crippen molar-refractivity contribution in [3.8, 4) is 11.6 Å². The van der Waals surface area contributed by atoms with Gasteiger partial charge in [0.2, 0.25) is 11.7 Å². The van der Waals surface area contributed by atoms with Gasteiger partial charge in [0, 0.05) is 25.0 Å². The number of nitrogens with one attached hydrogen (secondary N) is 2. The third-order valence-electron chi connectivity index (χ3n) is 3.80. The Morgan fingerprint density at radius 2 is 1.84 bits per heavy atom. The van der Waals surface area contributed by atoms with E-state index in [2.05, 4.69) is 20.0 Å². The van der Waals surface area contributed by atoms with E-state index in [-0.39, 0.29) is 16.6 Å². The summed E-state index contributed by atoms with van der Waals surface area (Å²) in [5, 5.41) is 1.93. The Kier molecular flexibility index (Phi) is 6.76. The first kappa shape index (κ1) is 22.5. The quantitative estimate of drug-likeness (QED) is 0.555. The molecule has 1 unspecified atom stereocenters. The van der Waals surface area contributed by atoms with Crippen LogP contribution >= 0.6 is 11.6 Å². The molecule has 162 valence electrons. The largest absolute Gasteiger partial charge is 0.439 e. The van der Waals surface area contributed by atoms with E-state index in [4.69, 9.17) is 16.3 Å². The zero-order valence-corrected chi connectivity index (χ0v) is 17.3. The first-order valence-electron chi connectivity index (χ1n) is 8.55. The van der Waals surface area contributed by atoms with Crippen molar-refractivity contribution in [2.45, 2.75) is 11.1 Å². The van der Waals surface area contributed by atoms with E-state index in [1.165, 1.54) is 49.6 Å². The molecule has 0 saturated heterocycles. The monoisotopic (exact) mass is 470 g/mol. The van der Waals surface area contributed by atoms with Crippen LogP contribution in [0.4, 0.5) is 18.9 Å². The number of carbonyl (C=O) groups is 1. The average Bonchev–Trinajstić information content (AvgIpc) is 2.74. The molecule has 12 heteroatoms. The van der Waals surface area contributed by atoms with Gasteiger partial charge in [-0.2, -0.15) is 18.2 Å². The minimum atomic E-state index is -4.66. The van der Waals surface area contributed by atoms with Crippen LogP contribution in [0.1, 0.15) is 16.2 Å². The second kappa shape index (κ2) is 9.31. The Bertz CT molecular complexity index is 1130. The molecule has 1 atom stereocenters. The predicted octanol–water partition coefficient (Wildman–Crippen LogP) is 4.44. The van der Waals surface area contributed by atoms with Crippen molar-refractivity contribution in [2.24, 2.45) is 0 Å². The fraction of sp³-hybridized carbons (Fsp3) is 0.105. The number of rotatable bonds is 6. The summed E-state index contributed by atoms with van der Waals surface area (Å²) in [4.78, 5) is 19.3. The molecule has 2 aromatic carbocycles. The second-order valence-corrected chi connectivity index (χ2v) is 7.55. The Morgan fingerprint density at radius 1 is 1.13 bits per heavy atom. The van der Waals surface area contributed by atoms with Gasteiger partial charge in [0.1, 0.15) is 16.7 Å². The van der Waals surface area contributed by atoms with Crippen molar-refractivity contribution in [1.82, 2.24) is 15.3 Å². The maximum absolute atomic E-state index is 13.0. The molecular formula is C19H14ClF3N4O3S. The van der Waals surface area contributed by atoms with Gasteiger partial charge in [0.05, 0.1) is 15.5 Å². The van der Waals surface area contributed by atoms with Crippen LogP contribution in [0.5, 0.6) is 11.6 Å². The summed E-state index contributed by atoms with van der Waals surface area (Å²) in [7, 11) is -0.509. The molecule has 0 fully saturated rings. The Labute approximate surface area is 182 Å². The Morgan fingerprint density at radius 3 is 2.48 bits per heavy atom. The highest BCUT2D eigenvalue weighted by Gasteiger charge is 2.33. The number of ether oxygens (including phenoxy) is 1. The number of alkyl halides is 3. The lowest BCUT2D eigenvalue weighted by molar-refractivity contribution is -0.137. The van der Waals surface area contributed by atoms with E-state index in [1.54, 1.807) is 0 Å². The van der Waals surface area contributed by atoms with Crippen molar-refractivity contribution in [3.63, 3.8) is 0 Å². The van der Waals surface area contributed by atoms with Crippen LogP contribution in [0, 0.1) is 0 Å². The fourth-order valence-corrected chi connectivity index (χ4v) is 3.44. The Balaban J connectivity index is 1.70. The highest BCUT2D eigenvalue weighted by molar-refractivity contribution is 7.86. The second-order valence-electron chi connectivity index (χ2n) is 5.93. The lowest BCUT2D eigenvalue weighted by Gasteiger charge is -2.12. The van der Waals surface area contributed by atoms with Gasteiger partial charge in [-0.25, -0.2) is 9.19 Å². The normalized spacial score (nSPS) is 12.2. The maximum Gasteiger partial charge on any atom is 0.417 e. The van der Waals surface area contributed by atoms with Crippen LogP contribution in [0.3, 0.4) is 0 Å². The molecular weight excluding hydrogens is 457 g/mol. The van der Waals surface area contributed by atoms with Gasteiger partial charge in [-0.05, 0) is 42.5 Å². The number of aromatic nitrogens is 2. The van der Waals surface area contributed by atoms with Crippen LogP contribution < -0.4 is 14.8 Å². The van der Waals surface area contributed by atoms with Crippen LogP contribution in [0.15, 0.2) is 59.6 Å². The van der Waals surface area contributed by atoms with Crippen LogP contribution in [0.25, 0.3) is 0 Å². The molecule has 3 rings (SSSR count). The zero-order valence-electron chi connectivity index (χ0n) is 15.7. The lowest BCUT2D eigenvalue weighted by Crippen LogP contribution is -2.20. The van der Waals surface area contributed by atoms with E-state index in [0.29, 0.717) is 11.4 Å². The number of halogens is 4. The topological polar surface area (TPSA) is 93.2 Å². The lowest BCUT2D eigenvalue weighted by atomic mass is 10.2. The molecule has 0 aliphatic heterocycles. The van der Waals surface area contributed by atoms with E-state index in [1.807, 2.05) is 0 Å². The molecule has 0 saturated carbocycles. The molecule has 0 aliphatic rings. The standard InChI is InChI=1S/C19H14ClF3N4O3S/c1-24-18(28)17-25-9-8-16(26-17)30-12-4-2-11(3-5-12)27-31(29)13-6-7-15(20)14(10-13)19(21,22)23/h2-10,27H,1H3,(H,24,28). The first-order valence-corrected chi connectivity index (χ1v) is 10.1. The predicted molar refractivity (Wildman–Crippen MR) is 108 cm³/mol. The molecule has 1 aromatic heterocycles. The number of amides is 1. The van der Waals surface area contributed by atoms with Crippen molar-refractivity contribution < 1.29 is 26.9 Å². The van der Waals surface area contributed by atoms with Gasteiger partial charge >= 0.3 is 6.18 Å². The maximum atomic E-state index is 13.0. The third-order valence-corrected chi connectivity index (χ3v) is 5.24. The van der Waals surface area contributed by atoms with Gasteiger partial charge in [0.25, 0.3) is 5.91 Å². The Hall–Kier alpha value is -3.18.